The second-order valence-electron chi connectivity index (χ2n) is 5.41. The van der Waals surface area contributed by atoms with E-state index in [0.29, 0.717) is 11.4 Å². The maximum absolute atomic E-state index is 12.1. The molecule has 0 saturated heterocycles. The molecule has 2 aromatic carbocycles. The Morgan fingerprint density at radius 3 is 2.08 bits per heavy atom. The Kier molecular flexibility index (Phi) is 5.26. The minimum Gasteiger partial charge on any atom is -0.457 e. The third kappa shape index (κ3) is 4.57. The molecule has 0 saturated carbocycles. The third-order valence-electron chi connectivity index (χ3n) is 3.56. The van der Waals surface area contributed by atoms with Gasteiger partial charge in [0.15, 0.2) is 12.4 Å². The lowest BCUT2D eigenvalue weighted by atomic mass is 10.1. The number of ether oxygens (including phenoxy) is 1. The summed E-state index contributed by atoms with van der Waals surface area (Å²) >= 11 is 0. The van der Waals surface area contributed by atoms with Crippen molar-refractivity contribution in [3.05, 3.63) is 84.2 Å². The van der Waals surface area contributed by atoms with E-state index in [1.165, 1.54) is 12.4 Å². The molecule has 5 nitrogen and oxygen atoms in total. The summed E-state index contributed by atoms with van der Waals surface area (Å²) in [5.74, 6) is -0.236. The first-order valence-corrected chi connectivity index (χ1v) is 7.82. The van der Waals surface area contributed by atoms with Crippen LogP contribution < -0.4 is 0 Å². The molecule has 1 aromatic heterocycles. The molecule has 3 aromatic rings. The van der Waals surface area contributed by atoms with Gasteiger partial charge in [0, 0.05) is 18.0 Å². The van der Waals surface area contributed by atoms with Gasteiger partial charge < -0.3 is 4.74 Å². The van der Waals surface area contributed by atoms with Crippen molar-refractivity contribution in [2.75, 3.05) is 6.61 Å². The van der Waals surface area contributed by atoms with Crippen LogP contribution in [0.5, 0.6) is 0 Å². The van der Waals surface area contributed by atoms with Crippen molar-refractivity contribution in [3.8, 4) is 11.4 Å². The van der Waals surface area contributed by atoms with Gasteiger partial charge in [-0.2, -0.15) is 0 Å². The number of benzene rings is 2. The molecule has 0 N–H and O–H groups in total. The molecule has 0 radical (unpaired) electrons. The van der Waals surface area contributed by atoms with Crippen LogP contribution in [0, 0.1) is 0 Å². The predicted octanol–water partition coefficient (Wildman–Crippen LogP) is 3.11. The maximum Gasteiger partial charge on any atom is 0.310 e. The van der Waals surface area contributed by atoms with Crippen molar-refractivity contribution >= 4 is 11.8 Å². The number of Topliss-reactive ketones (excluding diaryl/α,β-unsaturated/α-hetero) is 1. The molecular weight excluding hydrogens is 316 g/mol. The van der Waals surface area contributed by atoms with Gasteiger partial charge in [-0.15, -0.1) is 0 Å². The van der Waals surface area contributed by atoms with E-state index in [-0.39, 0.29) is 18.8 Å². The molecule has 1 heterocycles. The summed E-state index contributed by atoms with van der Waals surface area (Å²) in [6, 6.07) is 18.7. The second kappa shape index (κ2) is 7.97. The fraction of sp³-hybridized carbons (Fsp3) is 0.100. The number of hydrogen-bond donors (Lipinski definition) is 0. The lowest BCUT2D eigenvalue weighted by Crippen LogP contribution is -2.16. The van der Waals surface area contributed by atoms with E-state index >= 15 is 0 Å². The molecule has 5 heteroatoms. The number of carbonyl (C=O) groups is 2. The Morgan fingerprint density at radius 1 is 0.840 bits per heavy atom. The molecule has 0 aliphatic heterocycles. The summed E-state index contributed by atoms with van der Waals surface area (Å²) in [5.41, 5.74) is 2.03. The van der Waals surface area contributed by atoms with Crippen LogP contribution >= 0.6 is 0 Å². The van der Waals surface area contributed by atoms with Gasteiger partial charge in [-0.25, -0.2) is 9.97 Å². The first kappa shape index (κ1) is 16.5. The van der Waals surface area contributed by atoms with E-state index < -0.39 is 5.97 Å². The lowest BCUT2D eigenvalue weighted by Gasteiger charge is -2.05. The number of aromatic nitrogens is 2. The average molecular weight is 332 g/mol. The van der Waals surface area contributed by atoms with E-state index in [4.69, 9.17) is 4.74 Å². The molecule has 25 heavy (non-hydrogen) atoms. The zero-order valence-corrected chi connectivity index (χ0v) is 13.5. The fourth-order valence-corrected chi connectivity index (χ4v) is 2.25. The number of ketones is 1. The van der Waals surface area contributed by atoms with E-state index in [1.807, 2.05) is 60.7 Å². The highest BCUT2D eigenvalue weighted by atomic mass is 16.5. The standard InChI is InChI=1S/C20H16N2O3/c23-18(14-25-19(24)11-15-7-3-1-4-8-15)17-12-21-20(22-13-17)16-9-5-2-6-10-16/h1-10,12-13H,11,14H2. The van der Waals surface area contributed by atoms with Gasteiger partial charge in [0.2, 0.25) is 5.78 Å². The number of carbonyl (C=O) groups excluding carboxylic acids is 2. The smallest absolute Gasteiger partial charge is 0.310 e. The van der Waals surface area contributed by atoms with Gasteiger partial charge in [0.05, 0.1) is 12.0 Å². The summed E-state index contributed by atoms with van der Waals surface area (Å²) in [6.45, 7) is -0.320. The fourth-order valence-electron chi connectivity index (χ4n) is 2.25. The van der Waals surface area contributed by atoms with Gasteiger partial charge in [-0.3, -0.25) is 9.59 Å². The van der Waals surface area contributed by atoms with Crippen LogP contribution in [0.2, 0.25) is 0 Å². The summed E-state index contributed by atoms with van der Waals surface area (Å²) in [4.78, 5) is 32.3. The second-order valence-corrected chi connectivity index (χ2v) is 5.41. The van der Waals surface area contributed by atoms with Crippen LogP contribution in [0.1, 0.15) is 15.9 Å². The van der Waals surface area contributed by atoms with Crippen LogP contribution in [-0.4, -0.2) is 28.3 Å². The molecule has 0 atom stereocenters. The molecule has 0 spiro atoms. The van der Waals surface area contributed by atoms with Crippen molar-refractivity contribution in [2.24, 2.45) is 0 Å². The third-order valence-corrected chi connectivity index (χ3v) is 3.56. The number of hydrogen-bond acceptors (Lipinski definition) is 5. The van der Waals surface area contributed by atoms with Crippen molar-refractivity contribution in [1.29, 1.82) is 0 Å². The molecule has 0 fully saturated rings. The van der Waals surface area contributed by atoms with Crippen LogP contribution in [0.15, 0.2) is 73.1 Å². The summed E-state index contributed by atoms with van der Waals surface area (Å²) in [6.07, 6.45) is 3.03. The topological polar surface area (TPSA) is 69.2 Å². The molecule has 124 valence electrons. The molecule has 0 unspecified atom stereocenters. The monoisotopic (exact) mass is 332 g/mol. The quantitative estimate of drug-likeness (QED) is 0.512. The summed E-state index contributed by atoms with van der Waals surface area (Å²) < 4.78 is 5.03. The zero-order valence-electron chi connectivity index (χ0n) is 13.5. The van der Waals surface area contributed by atoms with Crippen molar-refractivity contribution < 1.29 is 14.3 Å². The van der Waals surface area contributed by atoms with Gasteiger partial charge in [0.1, 0.15) is 0 Å². The van der Waals surface area contributed by atoms with Crippen LogP contribution in [0.25, 0.3) is 11.4 Å². The Bertz CT molecular complexity index is 847. The van der Waals surface area contributed by atoms with Gasteiger partial charge in [-0.1, -0.05) is 60.7 Å². The normalized spacial score (nSPS) is 10.2. The van der Waals surface area contributed by atoms with E-state index in [1.54, 1.807) is 0 Å². The first-order chi connectivity index (χ1) is 12.2. The highest BCUT2D eigenvalue weighted by Gasteiger charge is 2.12. The maximum atomic E-state index is 12.1. The zero-order chi connectivity index (χ0) is 17.5. The Morgan fingerprint density at radius 2 is 1.44 bits per heavy atom. The first-order valence-electron chi connectivity index (χ1n) is 7.82. The Hall–Kier alpha value is -3.34. The largest absolute Gasteiger partial charge is 0.457 e. The number of esters is 1. The van der Waals surface area contributed by atoms with Gasteiger partial charge in [0.25, 0.3) is 0 Å². The molecule has 0 aliphatic carbocycles. The summed E-state index contributed by atoms with van der Waals surface area (Å²) in [7, 11) is 0. The molecule has 0 bridgehead atoms. The molecular formula is C20H16N2O3. The molecule has 0 amide bonds. The van der Waals surface area contributed by atoms with Crippen LogP contribution in [-0.2, 0) is 16.0 Å². The molecule has 0 aliphatic rings. The minimum absolute atomic E-state index is 0.136. The average Bonchev–Trinajstić information content (AvgIpc) is 2.68. The Balaban J connectivity index is 1.55. The highest BCUT2D eigenvalue weighted by molar-refractivity contribution is 5.97. The lowest BCUT2D eigenvalue weighted by molar-refractivity contribution is -0.141. The van der Waals surface area contributed by atoms with Crippen molar-refractivity contribution in [2.45, 2.75) is 6.42 Å². The van der Waals surface area contributed by atoms with Crippen molar-refractivity contribution in [1.82, 2.24) is 9.97 Å². The van der Waals surface area contributed by atoms with Gasteiger partial charge in [-0.05, 0) is 5.56 Å². The minimum atomic E-state index is -0.443. The van der Waals surface area contributed by atoms with E-state index in [2.05, 4.69) is 9.97 Å². The molecule has 3 rings (SSSR count). The van der Waals surface area contributed by atoms with Gasteiger partial charge >= 0.3 is 5.97 Å². The van der Waals surface area contributed by atoms with Crippen LogP contribution in [0.3, 0.4) is 0 Å². The Labute approximate surface area is 145 Å². The van der Waals surface area contributed by atoms with Crippen LogP contribution in [0.4, 0.5) is 0 Å². The SMILES string of the molecule is O=C(Cc1ccccc1)OCC(=O)c1cnc(-c2ccccc2)nc1. The van der Waals surface area contributed by atoms with E-state index in [9.17, 15) is 9.59 Å². The number of nitrogens with zero attached hydrogens (tertiary/aromatic N) is 2. The summed E-state index contributed by atoms with van der Waals surface area (Å²) in [5, 5.41) is 0. The van der Waals surface area contributed by atoms with Crippen molar-refractivity contribution in [3.63, 3.8) is 0 Å². The highest BCUT2D eigenvalue weighted by Crippen LogP contribution is 2.13. The van der Waals surface area contributed by atoms with E-state index in [0.717, 1.165) is 11.1 Å². The number of rotatable bonds is 6. The predicted molar refractivity (Wildman–Crippen MR) is 92.9 cm³/mol.